The van der Waals surface area contributed by atoms with E-state index in [1.165, 1.54) is 0 Å². The van der Waals surface area contributed by atoms with E-state index in [4.69, 9.17) is 0 Å². The number of carbonyl (C=O) groups is 2. The molecule has 1 atom stereocenters. The van der Waals surface area contributed by atoms with Gasteiger partial charge in [0.1, 0.15) is 6.04 Å². The largest absolute Gasteiger partial charge is 0.467 e. The lowest BCUT2D eigenvalue weighted by atomic mass is 10.0. The molecule has 5 nitrogen and oxygen atoms in total. The quantitative estimate of drug-likeness (QED) is 0.430. The Morgan fingerprint density at radius 1 is 1.00 bits per heavy atom. The Hall–Kier alpha value is -3.50. The summed E-state index contributed by atoms with van der Waals surface area (Å²) in [6, 6.07) is 6.19. The van der Waals surface area contributed by atoms with Crippen LogP contribution in [0.1, 0.15) is 27.0 Å². The number of para-hydroxylation sites is 1. The van der Waals surface area contributed by atoms with Gasteiger partial charge in [-0.2, -0.15) is 26.3 Å². The molecule has 3 rings (SSSR count). The normalized spacial score (nSPS) is 13.1. The summed E-state index contributed by atoms with van der Waals surface area (Å²) in [5, 5.41) is 2.91. The van der Waals surface area contributed by atoms with E-state index < -0.39 is 47.0 Å². The van der Waals surface area contributed by atoms with Crippen LogP contribution in [0.15, 0.2) is 48.7 Å². The first-order valence-electron chi connectivity index (χ1n) is 9.13. The fourth-order valence-electron chi connectivity index (χ4n) is 3.18. The van der Waals surface area contributed by atoms with Crippen molar-refractivity contribution in [1.29, 1.82) is 0 Å². The minimum absolute atomic E-state index is 0.0828. The molecule has 170 valence electrons. The number of aromatic nitrogens is 1. The predicted octanol–water partition coefficient (Wildman–Crippen LogP) is 4.72. The molecule has 1 amide bonds. The van der Waals surface area contributed by atoms with Gasteiger partial charge >= 0.3 is 18.3 Å². The molecule has 0 radical (unpaired) electrons. The van der Waals surface area contributed by atoms with Gasteiger partial charge in [0.2, 0.25) is 0 Å². The molecule has 32 heavy (non-hydrogen) atoms. The number of esters is 1. The molecule has 0 bridgehead atoms. The van der Waals surface area contributed by atoms with E-state index in [0.29, 0.717) is 17.7 Å². The van der Waals surface area contributed by atoms with Gasteiger partial charge in [-0.05, 0) is 29.8 Å². The van der Waals surface area contributed by atoms with Crippen LogP contribution in [0.3, 0.4) is 0 Å². The van der Waals surface area contributed by atoms with E-state index in [1.807, 2.05) is 0 Å². The van der Waals surface area contributed by atoms with Crippen molar-refractivity contribution < 1.29 is 40.7 Å². The van der Waals surface area contributed by atoms with E-state index in [2.05, 4.69) is 15.0 Å². The molecule has 0 spiro atoms. The summed E-state index contributed by atoms with van der Waals surface area (Å²) in [4.78, 5) is 27.7. The maximum absolute atomic E-state index is 13.1. The van der Waals surface area contributed by atoms with Crippen molar-refractivity contribution in [3.05, 3.63) is 70.9 Å². The zero-order chi connectivity index (χ0) is 23.7. The first-order valence-corrected chi connectivity index (χ1v) is 9.13. The van der Waals surface area contributed by atoms with Crippen LogP contribution >= 0.6 is 0 Å². The lowest BCUT2D eigenvalue weighted by Crippen LogP contribution is -2.43. The first kappa shape index (κ1) is 23.2. The maximum atomic E-state index is 13.1. The van der Waals surface area contributed by atoms with E-state index >= 15 is 0 Å². The second kappa shape index (κ2) is 8.56. The highest BCUT2D eigenvalue weighted by Crippen LogP contribution is 2.36. The van der Waals surface area contributed by atoms with E-state index in [1.54, 1.807) is 30.5 Å². The lowest BCUT2D eigenvalue weighted by Gasteiger charge is -2.18. The number of amides is 1. The molecular formula is C21H16F6N2O3. The summed E-state index contributed by atoms with van der Waals surface area (Å²) in [6.45, 7) is 0. The Balaban J connectivity index is 1.93. The van der Waals surface area contributed by atoms with Gasteiger partial charge < -0.3 is 15.0 Å². The van der Waals surface area contributed by atoms with Crippen LogP contribution in [0.5, 0.6) is 0 Å². The third-order valence-electron chi connectivity index (χ3n) is 4.74. The second-order valence-electron chi connectivity index (χ2n) is 6.91. The van der Waals surface area contributed by atoms with Crippen LogP contribution in [0.25, 0.3) is 10.9 Å². The SMILES string of the molecule is COC(=O)[C@H](Cc1c[nH]c2ccccc12)NC(=O)c1cc(C(F)(F)F)cc(C(F)(F)F)c1. The van der Waals surface area contributed by atoms with Crippen molar-refractivity contribution in [2.45, 2.75) is 24.8 Å². The van der Waals surface area contributed by atoms with Crippen molar-refractivity contribution >= 4 is 22.8 Å². The van der Waals surface area contributed by atoms with Crippen LogP contribution in [0.2, 0.25) is 0 Å². The minimum Gasteiger partial charge on any atom is -0.467 e. The Morgan fingerprint density at radius 3 is 2.16 bits per heavy atom. The van der Waals surface area contributed by atoms with E-state index in [9.17, 15) is 35.9 Å². The van der Waals surface area contributed by atoms with Crippen molar-refractivity contribution in [3.63, 3.8) is 0 Å². The predicted molar refractivity (Wildman–Crippen MR) is 102 cm³/mol. The van der Waals surface area contributed by atoms with Gasteiger partial charge in [-0.15, -0.1) is 0 Å². The van der Waals surface area contributed by atoms with E-state index in [0.717, 1.165) is 18.0 Å². The highest BCUT2D eigenvalue weighted by Gasteiger charge is 2.38. The zero-order valence-electron chi connectivity index (χ0n) is 16.4. The van der Waals surface area contributed by atoms with Gasteiger partial charge in [0.25, 0.3) is 5.91 Å². The molecule has 0 saturated heterocycles. The number of aromatic amines is 1. The summed E-state index contributed by atoms with van der Waals surface area (Å²) < 4.78 is 83.1. The average molecular weight is 458 g/mol. The van der Waals surface area contributed by atoms with E-state index in [-0.39, 0.29) is 12.5 Å². The van der Waals surface area contributed by atoms with Crippen molar-refractivity contribution in [2.24, 2.45) is 0 Å². The number of methoxy groups -OCH3 is 1. The number of fused-ring (bicyclic) bond motifs is 1. The second-order valence-corrected chi connectivity index (χ2v) is 6.91. The number of benzene rings is 2. The summed E-state index contributed by atoms with van der Waals surface area (Å²) in [5.74, 6) is -2.19. The molecule has 2 aromatic carbocycles. The molecule has 0 aliphatic rings. The van der Waals surface area contributed by atoms with Crippen molar-refractivity contribution in [1.82, 2.24) is 10.3 Å². The molecule has 0 fully saturated rings. The van der Waals surface area contributed by atoms with Crippen LogP contribution in [-0.4, -0.2) is 30.0 Å². The van der Waals surface area contributed by atoms with Gasteiger partial charge in [-0.3, -0.25) is 4.79 Å². The molecule has 1 heterocycles. The molecule has 0 aliphatic carbocycles. The fourth-order valence-corrected chi connectivity index (χ4v) is 3.18. The fraction of sp³-hybridized carbons (Fsp3) is 0.238. The maximum Gasteiger partial charge on any atom is 0.416 e. The standard InChI is InChI=1S/C21H16F6N2O3/c1-32-19(31)17(8-12-10-28-16-5-3-2-4-15(12)16)29-18(30)11-6-13(20(22,23)24)9-14(7-11)21(25,26)27/h2-7,9-10,17,28H,8H2,1H3,(H,29,30)/t17-/m0/s1. The van der Waals surface area contributed by atoms with Gasteiger partial charge in [0, 0.05) is 29.1 Å². The number of nitrogens with one attached hydrogen (secondary N) is 2. The molecule has 11 heteroatoms. The first-order chi connectivity index (χ1) is 14.9. The molecule has 0 saturated carbocycles. The summed E-state index contributed by atoms with van der Waals surface area (Å²) in [6.07, 6.45) is -8.74. The molecule has 2 N–H and O–H groups in total. The molecule has 3 aromatic rings. The highest BCUT2D eigenvalue weighted by atomic mass is 19.4. The van der Waals surface area contributed by atoms with Gasteiger partial charge in [-0.1, -0.05) is 18.2 Å². The lowest BCUT2D eigenvalue weighted by molar-refractivity contribution is -0.144. The van der Waals surface area contributed by atoms with Crippen LogP contribution in [-0.2, 0) is 28.3 Å². The van der Waals surface area contributed by atoms with Crippen LogP contribution in [0.4, 0.5) is 26.3 Å². The van der Waals surface area contributed by atoms with Gasteiger partial charge in [0.15, 0.2) is 0 Å². The topological polar surface area (TPSA) is 71.2 Å². The third kappa shape index (κ3) is 5.04. The number of hydrogen-bond acceptors (Lipinski definition) is 3. The molecule has 1 aromatic heterocycles. The number of H-pyrrole nitrogens is 1. The number of hydrogen-bond donors (Lipinski definition) is 2. The monoisotopic (exact) mass is 458 g/mol. The third-order valence-corrected chi connectivity index (χ3v) is 4.74. The summed E-state index contributed by atoms with van der Waals surface area (Å²) >= 11 is 0. The van der Waals surface area contributed by atoms with Crippen molar-refractivity contribution in [2.75, 3.05) is 7.11 Å². The molecule has 0 unspecified atom stereocenters. The number of halogens is 6. The number of rotatable bonds is 5. The molecule has 0 aliphatic heterocycles. The average Bonchev–Trinajstić information content (AvgIpc) is 3.14. The number of alkyl halides is 6. The molecular weight excluding hydrogens is 442 g/mol. The Morgan fingerprint density at radius 2 is 1.59 bits per heavy atom. The van der Waals surface area contributed by atoms with Crippen LogP contribution < -0.4 is 5.32 Å². The van der Waals surface area contributed by atoms with Crippen molar-refractivity contribution in [3.8, 4) is 0 Å². The smallest absolute Gasteiger partial charge is 0.416 e. The Kier molecular flexibility index (Phi) is 6.20. The summed E-state index contributed by atoms with van der Waals surface area (Å²) in [5.41, 5.74) is -2.83. The highest BCUT2D eigenvalue weighted by molar-refractivity contribution is 5.97. The van der Waals surface area contributed by atoms with Gasteiger partial charge in [0.05, 0.1) is 18.2 Å². The summed E-state index contributed by atoms with van der Waals surface area (Å²) in [7, 11) is 1.04. The Labute approximate surface area is 177 Å². The van der Waals surface area contributed by atoms with Crippen LogP contribution in [0, 0.1) is 0 Å². The Bertz CT molecular complexity index is 1120. The van der Waals surface area contributed by atoms with Gasteiger partial charge in [-0.25, -0.2) is 4.79 Å². The zero-order valence-corrected chi connectivity index (χ0v) is 16.4. The minimum atomic E-state index is -5.11. The number of ether oxygens (including phenoxy) is 1. The number of carbonyl (C=O) groups excluding carboxylic acids is 2.